The number of nitrogens with one attached hydrogen (secondary N) is 1. The molecule has 3 unspecified atom stereocenters. The molecule has 2 aliphatic carbocycles. The molecule has 1 N–H and O–H groups in total. The van der Waals surface area contributed by atoms with Crippen LogP contribution in [0.25, 0.3) is 0 Å². The van der Waals surface area contributed by atoms with Gasteiger partial charge in [0.1, 0.15) is 0 Å². The predicted octanol–water partition coefficient (Wildman–Crippen LogP) is 1.27. The molecule has 1 heterocycles. The summed E-state index contributed by atoms with van der Waals surface area (Å²) in [5, 5.41) is 3.77. The number of fused-ring (bicyclic) bond motifs is 2. The van der Waals surface area contributed by atoms with Gasteiger partial charge in [-0.05, 0) is 31.1 Å². The maximum atomic E-state index is 10.8. The SMILES string of the molecule is O=c1[nH]c(C2CC3CCC2C3)no1. The molecule has 0 spiro atoms. The summed E-state index contributed by atoms with van der Waals surface area (Å²) in [6.07, 6.45) is 5.17. The Bertz CT molecular complexity index is 368. The Morgan fingerprint density at radius 1 is 1.38 bits per heavy atom. The van der Waals surface area contributed by atoms with Crippen molar-refractivity contribution in [2.75, 3.05) is 0 Å². The van der Waals surface area contributed by atoms with Gasteiger partial charge in [-0.25, -0.2) is 4.79 Å². The molecule has 3 rings (SSSR count). The van der Waals surface area contributed by atoms with E-state index in [1.807, 2.05) is 0 Å². The third-order valence-corrected chi connectivity index (χ3v) is 3.55. The van der Waals surface area contributed by atoms with Gasteiger partial charge in [0.2, 0.25) is 0 Å². The lowest BCUT2D eigenvalue weighted by Crippen LogP contribution is -2.11. The van der Waals surface area contributed by atoms with Gasteiger partial charge in [0, 0.05) is 5.92 Å². The topological polar surface area (TPSA) is 58.9 Å². The third kappa shape index (κ3) is 1.04. The second-order valence-electron chi connectivity index (χ2n) is 4.26. The van der Waals surface area contributed by atoms with E-state index in [1.165, 1.54) is 25.7 Å². The van der Waals surface area contributed by atoms with Crippen molar-refractivity contribution in [3.8, 4) is 0 Å². The largest absolute Gasteiger partial charge is 0.438 e. The lowest BCUT2D eigenvalue weighted by molar-refractivity contribution is 0.355. The molecule has 1 aromatic rings. The number of hydrogen-bond acceptors (Lipinski definition) is 3. The fourth-order valence-electron chi connectivity index (χ4n) is 2.98. The smallest absolute Gasteiger partial charge is 0.296 e. The van der Waals surface area contributed by atoms with Crippen LogP contribution in [0.15, 0.2) is 9.32 Å². The van der Waals surface area contributed by atoms with E-state index in [1.54, 1.807) is 0 Å². The van der Waals surface area contributed by atoms with E-state index in [0.29, 0.717) is 5.92 Å². The van der Waals surface area contributed by atoms with Crippen LogP contribution < -0.4 is 5.76 Å². The third-order valence-electron chi connectivity index (χ3n) is 3.55. The molecule has 0 saturated heterocycles. The lowest BCUT2D eigenvalue weighted by atomic mass is 9.88. The predicted molar refractivity (Wildman–Crippen MR) is 45.3 cm³/mol. The van der Waals surface area contributed by atoms with E-state index >= 15 is 0 Å². The van der Waals surface area contributed by atoms with Crippen LogP contribution in [0.3, 0.4) is 0 Å². The zero-order valence-corrected chi connectivity index (χ0v) is 7.32. The molecule has 3 atom stereocenters. The van der Waals surface area contributed by atoms with E-state index in [-0.39, 0.29) is 0 Å². The second-order valence-corrected chi connectivity index (χ2v) is 4.26. The Hall–Kier alpha value is -1.06. The Kier molecular flexibility index (Phi) is 1.39. The minimum absolute atomic E-state index is 0.419. The van der Waals surface area contributed by atoms with Crippen LogP contribution in [0.5, 0.6) is 0 Å². The molecule has 2 bridgehead atoms. The number of rotatable bonds is 1. The molecule has 2 aliphatic rings. The summed E-state index contributed by atoms with van der Waals surface area (Å²) >= 11 is 0. The summed E-state index contributed by atoms with van der Waals surface area (Å²) < 4.78 is 4.52. The highest BCUT2D eigenvalue weighted by molar-refractivity contribution is 5.04. The number of hydrogen-bond donors (Lipinski definition) is 1. The Morgan fingerprint density at radius 2 is 2.31 bits per heavy atom. The van der Waals surface area contributed by atoms with Crippen molar-refractivity contribution in [2.45, 2.75) is 31.6 Å². The molecular formula is C9H12N2O2. The highest BCUT2D eigenvalue weighted by Gasteiger charge is 2.41. The summed E-state index contributed by atoms with van der Waals surface area (Å²) in [6.45, 7) is 0. The molecule has 2 saturated carbocycles. The van der Waals surface area contributed by atoms with E-state index in [2.05, 4.69) is 14.7 Å². The monoisotopic (exact) mass is 180 g/mol. The first-order valence-corrected chi connectivity index (χ1v) is 4.89. The van der Waals surface area contributed by atoms with Crippen molar-refractivity contribution in [1.29, 1.82) is 0 Å². The molecule has 70 valence electrons. The molecule has 13 heavy (non-hydrogen) atoms. The van der Waals surface area contributed by atoms with Crippen LogP contribution in [0.1, 0.15) is 37.4 Å². The minimum Gasteiger partial charge on any atom is -0.296 e. The zero-order valence-electron chi connectivity index (χ0n) is 7.32. The van der Waals surface area contributed by atoms with Gasteiger partial charge in [-0.1, -0.05) is 11.6 Å². The van der Waals surface area contributed by atoms with Crippen molar-refractivity contribution in [2.24, 2.45) is 11.8 Å². The first-order valence-electron chi connectivity index (χ1n) is 4.89. The van der Waals surface area contributed by atoms with Gasteiger partial charge < -0.3 is 0 Å². The fraction of sp³-hybridized carbons (Fsp3) is 0.778. The van der Waals surface area contributed by atoms with Crippen LogP contribution in [-0.2, 0) is 0 Å². The lowest BCUT2D eigenvalue weighted by Gasteiger charge is -2.17. The maximum Gasteiger partial charge on any atom is 0.438 e. The van der Waals surface area contributed by atoms with E-state index < -0.39 is 5.76 Å². The van der Waals surface area contributed by atoms with Crippen molar-refractivity contribution in [3.63, 3.8) is 0 Å². The van der Waals surface area contributed by atoms with Gasteiger partial charge >= 0.3 is 5.76 Å². The molecule has 0 aromatic carbocycles. The van der Waals surface area contributed by atoms with Gasteiger partial charge in [-0.2, -0.15) is 0 Å². The summed E-state index contributed by atoms with van der Waals surface area (Å²) in [7, 11) is 0. The van der Waals surface area contributed by atoms with Gasteiger partial charge in [0.15, 0.2) is 5.82 Å². The number of aromatic nitrogens is 2. The molecule has 0 aliphatic heterocycles. The Balaban J connectivity index is 1.91. The summed E-state index contributed by atoms with van der Waals surface area (Å²) in [5.41, 5.74) is 0. The molecule has 0 amide bonds. The molecule has 0 radical (unpaired) electrons. The second kappa shape index (κ2) is 2.47. The van der Waals surface area contributed by atoms with Gasteiger partial charge in [0.05, 0.1) is 0 Å². The van der Waals surface area contributed by atoms with Crippen LogP contribution in [0.4, 0.5) is 0 Å². The average Bonchev–Trinajstić information content (AvgIpc) is 2.77. The van der Waals surface area contributed by atoms with E-state index in [4.69, 9.17) is 0 Å². The van der Waals surface area contributed by atoms with Gasteiger partial charge in [-0.3, -0.25) is 9.51 Å². The highest BCUT2D eigenvalue weighted by Crippen LogP contribution is 2.51. The highest BCUT2D eigenvalue weighted by atomic mass is 16.5. The quantitative estimate of drug-likeness (QED) is 0.707. The number of aromatic amines is 1. The average molecular weight is 180 g/mol. The van der Waals surface area contributed by atoms with Crippen LogP contribution in [-0.4, -0.2) is 10.1 Å². The number of nitrogens with zero attached hydrogens (tertiary/aromatic N) is 1. The zero-order chi connectivity index (χ0) is 8.84. The molecule has 4 heteroatoms. The summed E-state index contributed by atoms with van der Waals surface area (Å²) in [4.78, 5) is 13.4. The Morgan fingerprint density at radius 3 is 2.85 bits per heavy atom. The van der Waals surface area contributed by atoms with Gasteiger partial charge in [0.25, 0.3) is 0 Å². The van der Waals surface area contributed by atoms with Crippen molar-refractivity contribution >= 4 is 0 Å². The molecular weight excluding hydrogens is 168 g/mol. The standard InChI is InChI=1S/C9H12N2O2/c12-9-10-8(11-13-9)7-4-5-1-2-6(7)3-5/h5-7H,1-4H2,(H,10,11,12). The maximum absolute atomic E-state index is 10.8. The summed E-state index contributed by atoms with van der Waals surface area (Å²) in [5.74, 6) is 2.43. The van der Waals surface area contributed by atoms with Crippen molar-refractivity contribution < 1.29 is 4.52 Å². The Labute approximate surface area is 75.3 Å². The summed E-state index contributed by atoms with van der Waals surface area (Å²) in [6, 6.07) is 0. The van der Waals surface area contributed by atoms with Crippen molar-refractivity contribution in [1.82, 2.24) is 10.1 Å². The molecule has 1 aromatic heterocycles. The molecule has 2 fully saturated rings. The van der Waals surface area contributed by atoms with Crippen LogP contribution in [0.2, 0.25) is 0 Å². The van der Waals surface area contributed by atoms with Crippen LogP contribution >= 0.6 is 0 Å². The normalized spacial score (nSPS) is 37.1. The minimum atomic E-state index is -0.419. The van der Waals surface area contributed by atoms with E-state index in [0.717, 1.165) is 17.7 Å². The van der Waals surface area contributed by atoms with Gasteiger partial charge in [-0.15, -0.1) is 0 Å². The van der Waals surface area contributed by atoms with Crippen LogP contribution in [0, 0.1) is 11.8 Å². The first kappa shape index (κ1) is 7.35. The first-order chi connectivity index (χ1) is 6.33. The van der Waals surface area contributed by atoms with Crippen molar-refractivity contribution in [3.05, 3.63) is 16.4 Å². The number of H-pyrrole nitrogens is 1. The molecule has 4 nitrogen and oxygen atoms in total. The van der Waals surface area contributed by atoms with E-state index in [9.17, 15) is 4.79 Å². The fourth-order valence-corrected chi connectivity index (χ4v) is 2.98.